The van der Waals surface area contributed by atoms with Crippen molar-refractivity contribution in [2.75, 3.05) is 26.7 Å². The summed E-state index contributed by atoms with van der Waals surface area (Å²) in [5, 5.41) is 10.7. The SMILES string of the molecule is CN=C(NCC(NC(=O)OC(C)(C)C)C(C)C)N1CCC(Cc2cnn(C)c2)C1.I. The van der Waals surface area contributed by atoms with Gasteiger partial charge in [0.2, 0.25) is 0 Å². The molecular weight excluding hydrogens is 495 g/mol. The van der Waals surface area contributed by atoms with Crippen molar-refractivity contribution in [2.45, 2.75) is 59.1 Å². The summed E-state index contributed by atoms with van der Waals surface area (Å²) < 4.78 is 7.25. The lowest BCUT2D eigenvalue weighted by Gasteiger charge is -2.28. The fraction of sp³-hybridized carbons (Fsp3) is 0.762. The topological polar surface area (TPSA) is 83.8 Å². The van der Waals surface area contributed by atoms with E-state index in [1.807, 2.05) is 45.7 Å². The maximum absolute atomic E-state index is 12.2. The predicted octanol–water partition coefficient (Wildman–Crippen LogP) is 3.03. The molecule has 1 fully saturated rings. The first-order valence-corrected chi connectivity index (χ1v) is 10.5. The molecule has 1 aliphatic heterocycles. The number of aryl methyl sites for hydroxylation is 1. The lowest BCUT2D eigenvalue weighted by molar-refractivity contribution is 0.0491. The van der Waals surface area contributed by atoms with Crippen molar-refractivity contribution < 1.29 is 9.53 Å². The number of ether oxygens (including phenoxy) is 1. The maximum Gasteiger partial charge on any atom is 0.407 e. The van der Waals surface area contributed by atoms with E-state index in [1.165, 1.54) is 5.56 Å². The number of aliphatic imine (C=N–C) groups is 1. The van der Waals surface area contributed by atoms with Crippen LogP contribution >= 0.6 is 24.0 Å². The van der Waals surface area contributed by atoms with Crippen LogP contribution in [0.3, 0.4) is 0 Å². The molecule has 2 unspecified atom stereocenters. The van der Waals surface area contributed by atoms with E-state index < -0.39 is 5.60 Å². The Morgan fingerprint density at radius 2 is 2.10 bits per heavy atom. The summed E-state index contributed by atoms with van der Waals surface area (Å²) in [4.78, 5) is 18.9. The summed E-state index contributed by atoms with van der Waals surface area (Å²) in [7, 11) is 3.76. The van der Waals surface area contributed by atoms with E-state index in [1.54, 1.807) is 0 Å². The quantitative estimate of drug-likeness (QED) is 0.333. The van der Waals surface area contributed by atoms with Crippen molar-refractivity contribution in [3.63, 3.8) is 0 Å². The van der Waals surface area contributed by atoms with Gasteiger partial charge in [0.05, 0.1) is 12.2 Å². The van der Waals surface area contributed by atoms with E-state index in [9.17, 15) is 4.79 Å². The van der Waals surface area contributed by atoms with Crippen molar-refractivity contribution >= 4 is 36.0 Å². The van der Waals surface area contributed by atoms with Gasteiger partial charge in [0.25, 0.3) is 0 Å². The lowest BCUT2D eigenvalue weighted by Crippen LogP contribution is -2.50. The number of nitrogens with one attached hydrogen (secondary N) is 2. The van der Waals surface area contributed by atoms with Crippen LogP contribution in [0.1, 0.15) is 46.6 Å². The maximum atomic E-state index is 12.2. The molecule has 2 N–H and O–H groups in total. The van der Waals surface area contributed by atoms with Crippen LogP contribution in [0, 0.1) is 11.8 Å². The van der Waals surface area contributed by atoms with E-state index in [2.05, 4.69) is 45.7 Å². The van der Waals surface area contributed by atoms with Gasteiger partial charge in [-0.3, -0.25) is 9.67 Å². The molecule has 1 aromatic heterocycles. The zero-order valence-electron chi connectivity index (χ0n) is 19.4. The number of carbonyl (C=O) groups excluding carboxylic acids is 1. The average molecular weight is 534 g/mol. The fourth-order valence-corrected chi connectivity index (χ4v) is 3.55. The molecule has 8 nitrogen and oxygen atoms in total. The van der Waals surface area contributed by atoms with Crippen LogP contribution in [0.15, 0.2) is 17.4 Å². The number of nitrogens with zero attached hydrogens (tertiary/aromatic N) is 4. The standard InChI is InChI=1S/C21H38N6O2.HI/c1-15(2)18(25-20(28)29-21(3,4)5)12-23-19(22-6)27-9-8-16(14-27)10-17-11-24-26(7)13-17;/h11,13,15-16,18H,8-10,12,14H2,1-7H3,(H,22,23)(H,25,28);1H. The normalized spacial score (nSPS) is 18.2. The highest BCUT2D eigenvalue weighted by molar-refractivity contribution is 14.0. The molecule has 0 aliphatic carbocycles. The van der Waals surface area contributed by atoms with Crippen LogP contribution in [-0.4, -0.2) is 65.1 Å². The van der Waals surface area contributed by atoms with Gasteiger partial charge >= 0.3 is 6.09 Å². The summed E-state index contributed by atoms with van der Waals surface area (Å²) in [5.41, 5.74) is 0.775. The van der Waals surface area contributed by atoms with E-state index in [0.717, 1.165) is 31.9 Å². The molecule has 1 saturated heterocycles. The third-order valence-corrected chi connectivity index (χ3v) is 5.07. The molecule has 2 rings (SSSR count). The zero-order valence-corrected chi connectivity index (χ0v) is 21.8. The Morgan fingerprint density at radius 1 is 1.40 bits per heavy atom. The third kappa shape index (κ3) is 8.69. The highest BCUT2D eigenvalue weighted by atomic mass is 127. The summed E-state index contributed by atoms with van der Waals surface area (Å²) in [6.07, 6.45) is 5.83. The van der Waals surface area contributed by atoms with Crippen molar-refractivity contribution in [3.8, 4) is 0 Å². The number of hydrogen-bond acceptors (Lipinski definition) is 4. The number of alkyl carbamates (subject to hydrolysis) is 1. The molecule has 0 bridgehead atoms. The summed E-state index contributed by atoms with van der Waals surface area (Å²) in [6.45, 7) is 12.3. The van der Waals surface area contributed by atoms with Crippen molar-refractivity contribution in [1.29, 1.82) is 0 Å². The van der Waals surface area contributed by atoms with E-state index >= 15 is 0 Å². The molecule has 1 amide bonds. The zero-order chi connectivity index (χ0) is 21.6. The van der Waals surface area contributed by atoms with Gasteiger partial charge in [0.15, 0.2) is 5.96 Å². The molecule has 30 heavy (non-hydrogen) atoms. The second-order valence-corrected chi connectivity index (χ2v) is 9.25. The van der Waals surface area contributed by atoms with Gasteiger partial charge in [0.1, 0.15) is 5.60 Å². The van der Waals surface area contributed by atoms with Gasteiger partial charge in [-0.1, -0.05) is 13.8 Å². The Balaban J connectivity index is 0.00000450. The Labute approximate surface area is 198 Å². The first-order chi connectivity index (χ1) is 13.6. The number of carbonyl (C=O) groups is 1. The van der Waals surface area contributed by atoms with Crippen molar-refractivity contribution in [2.24, 2.45) is 23.9 Å². The van der Waals surface area contributed by atoms with E-state index in [0.29, 0.717) is 12.5 Å². The van der Waals surface area contributed by atoms with Gasteiger partial charge in [-0.2, -0.15) is 5.10 Å². The Hall–Kier alpha value is -1.52. The van der Waals surface area contributed by atoms with Crippen LogP contribution in [0.2, 0.25) is 0 Å². The first kappa shape index (κ1) is 26.5. The third-order valence-electron chi connectivity index (χ3n) is 5.07. The van der Waals surface area contributed by atoms with Crippen LogP contribution in [0.25, 0.3) is 0 Å². The number of likely N-dealkylation sites (tertiary alicyclic amines) is 1. The van der Waals surface area contributed by atoms with Gasteiger partial charge in [-0.25, -0.2) is 4.79 Å². The molecular formula is C21H39IN6O2. The molecule has 2 atom stereocenters. The van der Waals surface area contributed by atoms with Crippen LogP contribution in [-0.2, 0) is 18.2 Å². The minimum Gasteiger partial charge on any atom is -0.444 e. The Bertz CT molecular complexity index is 698. The van der Waals surface area contributed by atoms with Crippen molar-refractivity contribution in [1.82, 2.24) is 25.3 Å². The highest BCUT2D eigenvalue weighted by Crippen LogP contribution is 2.20. The Kier molecular flexibility index (Phi) is 10.4. The minimum atomic E-state index is -0.506. The number of guanidine groups is 1. The van der Waals surface area contributed by atoms with Crippen LogP contribution in [0.4, 0.5) is 4.79 Å². The molecule has 2 heterocycles. The second kappa shape index (κ2) is 11.8. The second-order valence-electron chi connectivity index (χ2n) is 9.25. The highest BCUT2D eigenvalue weighted by Gasteiger charge is 2.27. The number of rotatable bonds is 6. The monoisotopic (exact) mass is 534 g/mol. The summed E-state index contributed by atoms with van der Waals surface area (Å²) >= 11 is 0. The summed E-state index contributed by atoms with van der Waals surface area (Å²) in [5.74, 6) is 1.75. The molecule has 0 aromatic carbocycles. The lowest BCUT2D eigenvalue weighted by atomic mass is 10.0. The fourth-order valence-electron chi connectivity index (χ4n) is 3.55. The molecule has 1 aromatic rings. The molecule has 1 aliphatic rings. The van der Waals surface area contributed by atoms with E-state index in [4.69, 9.17) is 4.74 Å². The number of hydrogen-bond donors (Lipinski definition) is 2. The number of halogens is 1. The smallest absolute Gasteiger partial charge is 0.407 e. The minimum absolute atomic E-state index is 0. The van der Waals surface area contributed by atoms with Crippen LogP contribution < -0.4 is 10.6 Å². The molecule has 0 spiro atoms. The number of amides is 1. The van der Waals surface area contributed by atoms with Crippen molar-refractivity contribution in [3.05, 3.63) is 18.0 Å². The van der Waals surface area contributed by atoms with Gasteiger partial charge in [-0.05, 0) is 51.0 Å². The van der Waals surface area contributed by atoms with Gasteiger partial charge in [-0.15, -0.1) is 24.0 Å². The molecule has 0 saturated carbocycles. The molecule has 0 radical (unpaired) electrons. The molecule has 9 heteroatoms. The van der Waals surface area contributed by atoms with Gasteiger partial charge < -0.3 is 20.3 Å². The Morgan fingerprint density at radius 3 is 2.63 bits per heavy atom. The predicted molar refractivity (Wildman–Crippen MR) is 131 cm³/mol. The first-order valence-electron chi connectivity index (χ1n) is 10.5. The van der Waals surface area contributed by atoms with Gasteiger partial charge in [0, 0.05) is 39.9 Å². The average Bonchev–Trinajstić information content (AvgIpc) is 3.22. The molecule has 172 valence electrons. The van der Waals surface area contributed by atoms with E-state index in [-0.39, 0.29) is 42.0 Å². The van der Waals surface area contributed by atoms with Crippen LogP contribution in [0.5, 0.6) is 0 Å². The summed E-state index contributed by atoms with van der Waals surface area (Å²) in [6, 6.07) is -0.0459. The largest absolute Gasteiger partial charge is 0.444 e. The number of aromatic nitrogens is 2.